The summed E-state index contributed by atoms with van der Waals surface area (Å²) in [5, 5.41) is 87.1. The lowest BCUT2D eigenvalue weighted by molar-refractivity contribution is -0.147. The monoisotopic (exact) mass is 1370 g/mol. The number of H-pyrrole nitrogens is 2. The first-order chi connectivity index (χ1) is 47.9. The maximum Gasteiger partial charge on any atom is 0.335 e. The van der Waals surface area contributed by atoms with E-state index in [9.17, 15) is 84.0 Å². The van der Waals surface area contributed by atoms with Gasteiger partial charge in [-0.1, -0.05) is 60.7 Å². The molecule has 100 heavy (non-hydrogen) atoms. The van der Waals surface area contributed by atoms with Gasteiger partial charge in [0.05, 0.1) is 65.6 Å². The number of aromatic amines is 2. The smallest absolute Gasteiger partial charge is 0.335 e. The highest BCUT2D eigenvalue weighted by Crippen LogP contribution is 2.39. The summed E-state index contributed by atoms with van der Waals surface area (Å²) in [5.41, 5.74) is 10.6. The van der Waals surface area contributed by atoms with Gasteiger partial charge < -0.3 is 66.8 Å². The number of carboxylic acid groups (broad SMARTS) is 8. The van der Waals surface area contributed by atoms with Crippen LogP contribution in [0, 0.1) is 0 Å². The minimum Gasteiger partial charge on any atom is -0.480 e. The molecule has 27 nitrogen and oxygen atoms in total. The summed E-state index contributed by atoms with van der Waals surface area (Å²) in [6, 6.07) is 37.2. The van der Waals surface area contributed by atoms with Gasteiger partial charge in [-0.15, -0.1) is 0 Å². The van der Waals surface area contributed by atoms with Gasteiger partial charge in [0.1, 0.15) is 6.04 Å². The van der Waals surface area contributed by atoms with E-state index in [4.69, 9.17) is 22.2 Å². The molecule has 0 saturated heterocycles. The van der Waals surface area contributed by atoms with E-state index in [0.29, 0.717) is 101 Å². The van der Waals surface area contributed by atoms with E-state index < -0.39 is 91.9 Å². The van der Waals surface area contributed by atoms with E-state index in [1.807, 2.05) is 48.6 Å². The molecular weight excluding hydrogens is 1310 g/mol. The van der Waals surface area contributed by atoms with E-state index >= 15 is 0 Å². The average molecular weight is 1370 g/mol. The largest absolute Gasteiger partial charge is 0.480 e. The van der Waals surface area contributed by atoms with Crippen molar-refractivity contribution in [3.8, 4) is 44.5 Å². The van der Waals surface area contributed by atoms with Crippen LogP contribution in [0.15, 0.2) is 146 Å². The number of carbonyl (C=O) groups excluding carboxylic acids is 1. The molecule has 3 aromatic heterocycles. The van der Waals surface area contributed by atoms with E-state index in [1.165, 1.54) is 72.5 Å². The Morgan fingerprint density at radius 2 is 0.770 bits per heavy atom. The molecule has 8 bridgehead atoms. The molecule has 10 rings (SSSR count). The fourth-order valence-electron chi connectivity index (χ4n) is 11.9. The Morgan fingerprint density at radius 1 is 0.430 bits per heavy atom. The number of aliphatic carboxylic acids is 5. The van der Waals surface area contributed by atoms with Crippen LogP contribution in [0.1, 0.15) is 82.7 Å². The van der Waals surface area contributed by atoms with Crippen molar-refractivity contribution in [3.63, 3.8) is 0 Å². The lowest BCUT2D eigenvalue weighted by Crippen LogP contribution is -2.50. The number of hydrogen-bond acceptors (Lipinski definition) is 15. The number of aromatic carboxylic acids is 3. The molecule has 2 unspecified atom stereocenters. The summed E-state index contributed by atoms with van der Waals surface area (Å²) in [4.78, 5) is 131. The lowest BCUT2D eigenvalue weighted by Gasteiger charge is -2.34. The molecule has 13 N–H and O–H groups in total. The normalized spacial score (nSPS) is 12.2. The second kappa shape index (κ2) is 31.1. The highest BCUT2D eigenvalue weighted by atomic mass is 32.1. The van der Waals surface area contributed by atoms with Crippen molar-refractivity contribution in [2.75, 3.05) is 64.2 Å². The SMILES string of the molecule is CC(CN(CC(=O)O)CC(=O)O)N(CCN(CC(=O)O)C(C(=O)O)c1ccc(NC(=S)NCCNC(=O)c2ccc(-c3c4nc(c(-c5ccc(C(=O)O)cc5)c5ccc([nH]5)c(-c5ccc(C(=O)O)cc5)c5nc(c(-c6ccc(C(=O)O)cc6)c6ccc3[nH]6)C=C5)C=C4)cc2)cc1)CC(=O)O. The van der Waals surface area contributed by atoms with Gasteiger partial charge in [-0.25, -0.2) is 24.4 Å². The van der Waals surface area contributed by atoms with Crippen LogP contribution in [0.2, 0.25) is 0 Å². The number of anilines is 1. The first kappa shape index (κ1) is 70.3. The number of aromatic nitrogens is 4. The number of fused-ring (bicyclic) bond motifs is 8. The van der Waals surface area contributed by atoms with Crippen molar-refractivity contribution in [1.29, 1.82) is 0 Å². The van der Waals surface area contributed by atoms with Crippen LogP contribution in [0.5, 0.6) is 0 Å². The number of benzene rings is 5. The number of thiocarbonyl (C=S) groups is 1. The van der Waals surface area contributed by atoms with Crippen LogP contribution in [0.3, 0.4) is 0 Å². The predicted octanol–water partition coefficient (Wildman–Crippen LogP) is 8.89. The lowest BCUT2D eigenvalue weighted by atomic mass is 10.0. The van der Waals surface area contributed by atoms with Gasteiger partial charge >= 0.3 is 47.8 Å². The molecular formula is C72H64N10O17S. The quantitative estimate of drug-likeness (QED) is 0.0154. The highest BCUT2D eigenvalue weighted by Gasteiger charge is 2.32. The van der Waals surface area contributed by atoms with Gasteiger partial charge in [0.15, 0.2) is 5.11 Å². The summed E-state index contributed by atoms with van der Waals surface area (Å²) in [5.74, 6) is -10.4. The van der Waals surface area contributed by atoms with Crippen molar-refractivity contribution in [3.05, 3.63) is 196 Å². The summed E-state index contributed by atoms with van der Waals surface area (Å²) in [6.07, 6.45) is 7.38. The minimum absolute atomic E-state index is 0.0722. The number of amides is 1. The topological polar surface area (TPSA) is 419 Å². The molecule has 2 aliphatic heterocycles. The first-order valence-electron chi connectivity index (χ1n) is 30.9. The molecule has 5 aromatic carbocycles. The van der Waals surface area contributed by atoms with Crippen LogP contribution >= 0.6 is 12.2 Å². The summed E-state index contributed by atoms with van der Waals surface area (Å²) in [6.45, 7) is -1.53. The standard InChI is InChI=1S/C72H64N10O17S/c1-39(34-80(35-58(83)84)36-59(85)86)81(37-60(87)88)32-33-82(38-61(89)90)66(71(98)99)44-18-20-49(21-19-44)75-72(100)74-31-30-73-67(91)45-10-2-40(3-11-45)62-50-22-24-52(76-50)63(41-4-12-46(13-5-41)68(92)93)54-26-28-56(78-54)65(43-8-16-48(17-9-43)70(96)97)57-29-27-55(79-57)64(53-25-23-51(62)77-53)42-6-14-47(15-7-42)69(94)95/h2-29,39,66,76,79H,30-38H2,1H3,(H,73,91)(H,83,84)(H,85,86)(H,87,88)(H,89,90)(H,92,93)(H,94,95)(H,96,97)(H,98,99)(H2,74,75,100). The third kappa shape index (κ3) is 17.0. The minimum atomic E-state index is -1.53. The number of nitrogens with one attached hydrogen (secondary N) is 5. The zero-order chi connectivity index (χ0) is 71.5. The fourth-order valence-corrected chi connectivity index (χ4v) is 12.1. The molecule has 0 spiro atoms. The maximum absolute atomic E-state index is 13.8. The van der Waals surface area contributed by atoms with E-state index in [0.717, 1.165) is 9.80 Å². The highest BCUT2D eigenvalue weighted by molar-refractivity contribution is 7.80. The molecule has 510 valence electrons. The molecule has 8 aromatic rings. The summed E-state index contributed by atoms with van der Waals surface area (Å²) < 4.78 is 0. The van der Waals surface area contributed by atoms with Gasteiger partial charge in [0.25, 0.3) is 5.91 Å². The van der Waals surface area contributed by atoms with Gasteiger partial charge in [-0.2, -0.15) is 0 Å². The number of hydrogen-bond donors (Lipinski definition) is 13. The van der Waals surface area contributed by atoms with Crippen LogP contribution < -0.4 is 16.0 Å². The second-order valence-corrected chi connectivity index (χ2v) is 23.7. The van der Waals surface area contributed by atoms with Crippen molar-refractivity contribution in [1.82, 2.24) is 45.3 Å². The van der Waals surface area contributed by atoms with Gasteiger partial charge in [0, 0.05) is 94.3 Å². The van der Waals surface area contributed by atoms with E-state index in [1.54, 1.807) is 60.7 Å². The van der Waals surface area contributed by atoms with Crippen LogP contribution in [-0.4, -0.2) is 199 Å². The molecule has 0 aliphatic carbocycles. The predicted molar refractivity (Wildman–Crippen MR) is 374 cm³/mol. The Bertz CT molecular complexity index is 4710. The Hall–Kier alpha value is -12.5. The van der Waals surface area contributed by atoms with Gasteiger partial charge in [-0.3, -0.25) is 43.5 Å². The average Bonchev–Trinajstić information content (AvgIpc) is 1.61. The number of carboxylic acids is 8. The third-order valence-corrected chi connectivity index (χ3v) is 16.7. The number of rotatable bonds is 29. The van der Waals surface area contributed by atoms with Gasteiger partial charge in [-0.05, 0) is 156 Å². The molecule has 0 saturated carbocycles. The third-order valence-electron chi connectivity index (χ3n) is 16.4. The second-order valence-electron chi connectivity index (χ2n) is 23.3. The summed E-state index contributed by atoms with van der Waals surface area (Å²) in [7, 11) is 0. The molecule has 5 heterocycles. The molecule has 0 fully saturated rings. The molecule has 1 amide bonds. The molecule has 2 aliphatic rings. The van der Waals surface area contributed by atoms with E-state index in [-0.39, 0.29) is 60.1 Å². The number of nitrogens with zero attached hydrogens (tertiary/aromatic N) is 5. The zero-order valence-corrected chi connectivity index (χ0v) is 53.9. The van der Waals surface area contributed by atoms with Crippen LogP contribution in [0.25, 0.3) is 90.9 Å². The van der Waals surface area contributed by atoms with Crippen LogP contribution in [-0.2, 0) is 24.0 Å². The fraction of sp³-hybridized carbons (Fsp3) is 0.167. The van der Waals surface area contributed by atoms with Crippen molar-refractivity contribution in [2.24, 2.45) is 0 Å². The zero-order valence-electron chi connectivity index (χ0n) is 53.1. The molecule has 0 radical (unpaired) electrons. The molecule has 28 heteroatoms. The van der Waals surface area contributed by atoms with Crippen molar-refractivity contribution < 1.29 is 84.0 Å². The molecule has 2 atom stereocenters. The first-order valence-corrected chi connectivity index (χ1v) is 31.3. The van der Waals surface area contributed by atoms with Crippen molar-refractivity contribution in [2.45, 2.75) is 19.0 Å². The van der Waals surface area contributed by atoms with E-state index in [2.05, 4.69) is 25.9 Å². The number of carbonyl (C=O) groups is 9. The Kier molecular flexibility index (Phi) is 21.9. The summed E-state index contributed by atoms with van der Waals surface area (Å²) >= 11 is 5.52. The maximum atomic E-state index is 13.8. The Morgan fingerprint density at radius 3 is 1.12 bits per heavy atom. The Labute approximate surface area is 573 Å². The van der Waals surface area contributed by atoms with Gasteiger partial charge in [0.2, 0.25) is 0 Å². The van der Waals surface area contributed by atoms with Crippen LogP contribution in [0.4, 0.5) is 5.69 Å². The Balaban J connectivity index is 0.898. The van der Waals surface area contributed by atoms with Crippen molar-refractivity contribution >= 4 is 123 Å².